The van der Waals surface area contributed by atoms with Crippen LogP contribution in [0, 0.1) is 0 Å². The minimum atomic E-state index is 0.942. The molecule has 3 aromatic carbocycles. The van der Waals surface area contributed by atoms with Crippen LogP contribution in [-0.4, -0.2) is 19.4 Å². The highest BCUT2D eigenvalue weighted by Gasteiger charge is 2.28. The molecule has 0 spiro atoms. The van der Waals surface area contributed by atoms with Gasteiger partial charge in [-0.25, -0.2) is 4.98 Å². The summed E-state index contributed by atoms with van der Waals surface area (Å²) in [5.74, 6) is 0. The van der Waals surface area contributed by atoms with E-state index in [9.17, 15) is 0 Å². The smallest absolute Gasteiger partial charge is 0.148 e. The molecule has 0 fully saturated rings. The number of hydrogen-bond donors (Lipinski definition) is 0. The maximum absolute atomic E-state index is 5.15. The van der Waals surface area contributed by atoms with E-state index >= 15 is 0 Å². The minimum Gasteiger partial charge on any atom is -0.289 e. The molecule has 0 aliphatic heterocycles. The molecule has 0 bridgehead atoms. The third kappa shape index (κ3) is 2.15. The lowest BCUT2D eigenvalue weighted by atomic mass is 9.97. The fraction of sp³-hybridized carbons (Fsp3) is 0.0645. The molecule has 4 heteroatoms. The summed E-state index contributed by atoms with van der Waals surface area (Å²) in [6.07, 6.45) is 7.64. The number of rotatable bonds is 0. The van der Waals surface area contributed by atoms with E-state index in [0.717, 1.165) is 45.8 Å². The number of benzene rings is 3. The molecule has 0 atom stereocenters. The molecule has 0 N–H and O–H groups in total. The van der Waals surface area contributed by atoms with E-state index in [1.165, 1.54) is 50.0 Å². The standard InChI is InChI=1S/C31H18N4/c1-2-5-21-17(4-1)12-19-14-20-13-18-7-8-26-30(28(18)25(20)15-24(19)21)35-27-16-32-11-9-22(27)29-23(31(35)34-26)6-3-10-33-29/h1-11,14-16H,12-13H2. The van der Waals surface area contributed by atoms with Crippen molar-refractivity contribution >= 4 is 38.5 Å². The van der Waals surface area contributed by atoms with Crippen molar-refractivity contribution in [1.29, 1.82) is 0 Å². The molecule has 0 radical (unpaired) electrons. The molecule has 2 aliphatic rings. The first kappa shape index (κ1) is 17.8. The molecule has 7 aromatic rings. The maximum atomic E-state index is 5.15. The first-order valence-corrected chi connectivity index (χ1v) is 12.0. The Morgan fingerprint density at radius 3 is 2.60 bits per heavy atom. The van der Waals surface area contributed by atoms with E-state index in [1.54, 1.807) is 0 Å². The van der Waals surface area contributed by atoms with Crippen LogP contribution in [-0.2, 0) is 12.8 Å². The second kappa shape index (κ2) is 6.10. The van der Waals surface area contributed by atoms with Gasteiger partial charge in [0.05, 0.1) is 28.3 Å². The number of aromatic nitrogens is 4. The molecule has 4 nitrogen and oxygen atoms in total. The average Bonchev–Trinajstić information content (AvgIpc) is 3.58. The van der Waals surface area contributed by atoms with Crippen LogP contribution >= 0.6 is 0 Å². The van der Waals surface area contributed by atoms with Gasteiger partial charge in [-0.2, -0.15) is 0 Å². The van der Waals surface area contributed by atoms with Gasteiger partial charge in [0.2, 0.25) is 0 Å². The van der Waals surface area contributed by atoms with Crippen molar-refractivity contribution in [2.75, 3.05) is 0 Å². The number of fused-ring (bicyclic) bond motifs is 15. The summed E-state index contributed by atoms with van der Waals surface area (Å²) in [4.78, 5) is 14.4. The zero-order valence-electron chi connectivity index (χ0n) is 18.8. The maximum Gasteiger partial charge on any atom is 0.148 e. The van der Waals surface area contributed by atoms with Gasteiger partial charge in [0.1, 0.15) is 5.65 Å². The van der Waals surface area contributed by atoms with Crippen molar-refractivity contribution in [2.45, 2.75) is 12.8 Å². The van der Waals surface area contributed by atoms with E-state index in [1.807, 2.05) is 24.7 Å². The van der Waals surface area contributed by atoms with Gasteiger partial charge < -0.3 is 0 Å². The van der Waals surface area contributed by atoms with Crippen LogP contribution in [0.1, 0.15) is 22.3 Å². The van der Waals surface area contributed by atoms with Gasteiger partial charge in [-0.1, -0.05) is 36.4 Å². The minimum absolute atomic E-state index is 0.942. The molecule has 2 aliphatic carbocycles. The molecule has 4 aromatic heterocycles. The van der Waals surface area contributed by atoms with Gasteiger partial charge in [-0.15, -0.1) is 0 Å². The van der Waals surface area contributed by atoms with Gasteiger partial charge in [0.15, 0.2) is 0 Å². The Hall–Kier alpha value is -4.57. The number of nitrogens with zero attached hydrogens (tertiary/aromatic N) is 4. The Kier molecular flexibility index (Phi) is 3.11. The van der Waals surface area contributed by atoms with Crippen molar-refractivity contribution in [3.05, 3.63) is 108 Å². The van der Waals surface area contributed by atoms with Crippen LogP contribution in [0.4, 0.5) is 0 Å². The lowest BCUT2D eigenvalue weighted by molar-refractivity contribution is 1.21. The fourth-order valence-corrected chi connectivity index (χ4v) is 6.46. The Morgan fingerprint density at radius 1 is 0.686 bits per heavy atom. The van der Waals surface area contributed by atoms with E-state index in [-0.39, 0.29) is 0 Å². The molecule has 35 heavy (non-hydrogen) atoms. The van der Waals surface area contributed by atoms with Crippen LogP contribution in [0.25, 0.3) is 60.7 Å². The Labute approximate surface area is 200 Å². The Balaban J connectivity index is 1.46. The zero-order chi connectivity index (χ0) is 22.7. The van der Waals surface area contributed by atoms with Crippen LogP contribution < -0.4 is 0 Å². The molecular formula is C31H18N4. The summed E-state index contributed by atoms with van der Waals surface area (Å²) in [7, 11) is 0. The molecular weight excluding hydrogens is 428 g/mol. The first-order valence-electron chi connectivity index (χ1n) is 12.0. The number of imidazole rings is 1. The highest BCUT2D eigenvalue weighted by molar-refractivity contribution is 6.13. The molecule has 0 saturated carbocycles. The lowest BCUT2D eigenvalue weighted by Crippen LogP contribution is -1.95. The Morgan fingerprint density at radius 2 is 1.60 bits per heavy atom. The van der Waals surface area contributed by atoms with Gasteiger partial charge in [0, 0.05) is 28.7 Å². The van der Waals surface area contributed by atoms with Crippen LogP contribution in [0.15, 0.2) is 85.3 Å². The van der Waals surface area contributed by atoms with Crippen molar-refractivity contribution in [3.8, 4) is 22.3 Å². The molecule has 162 valence electrons. The molecule has 9 rings (SSSR count). The predicted molar refractivity (Wildman–Crippen MR) is 140 cm³/mol. The highest BCUT2D eigenvalue weighted by Crippen LogP contribution is 2.47. The second-order valence-corrected chi connectivity index (χ2v) is 9.71. The summed E-state index contributed by atoms with van der Waals surface area (Å²) in [6.45, 7) is 0. The van der Waals surface area contributed by atoms with Crippen molar-refractivity contribution < 1.29 is 0 Å². The third-order valence-electron chi connectivity index (χ3n) is 7.92. The monoisotopic (exact) mass is 446 g/mol. The first-order chi connectivity index (χ1) is 17.3. The van der Waals surface area contributed by atoms with E-state index < -0.39 is 0 Å². The van der Waals surface area contributed by atoms with Crippen LogP contribution in [0.2, 0.25) is 0 Å². The largest absolute Gasteiger partial charge is 0.289 e. The number of pyridine rings is 3. The van der Waals surface area contributed by atoms with Gasteiger partial charge in [-0.05, 0) is 82.1 Å². The average molecular weight is 447 g/mol. The zero-order valence-corrected chi connectivity index (χ0v) is 18.8. The van der Waals surface area contributed by atoms with Gasteiger partial charge >= 0.3 is 0 Å². The van der Waals surface area contributed by atoms with Crippen molar-refractivity contribution in [2.24, 2.45) is 0 Å². The van der Waals surface area contributed by atoms with E-state index in [4.69, 9.17) is 9.97 Å². The van der Waals surface area contributed by atoms with Crippen molar-refractivity contribution in [1.82, 2.24) is 19.4 Å². The normalized spacial score (nSPS) is 13.5. The topological polar surface area (TPSA) is 43.1 Å². The molecule has 0 amide bonds. The molecule has 0 unspecified atom stereocenters. The predicted octanol–water partition coefficient (Wildman–Crippen LogP) is 6.73. The Bertz CT molecular complexity index is 2070. The van der Waals surface area contributed by atoms with Gasteiger partial charge in [-0.3, -0.25) is 14.4 Å². The summed E-state index contributed by atoms with van der Waals surface area (Å²) < 4.78 is 2.32. The van der Waals surface area contributed by atoms with Crippen LogP contribution in [0.5, 0.6) is 0 Å². The van der Waals surface area contributed by atoms with E-state index in [0.29, 0.717) is 0 Å². The molecule has 4 heterocycles. The van der Waals surface area contributed by atoms with Gasteiger partial charge in [0.25, 0.3) is 0 Å². The summed E-state index contributed by atoms with van der Waals surface area (Å²) in [6, 6.07) is 24.3. The molecule has 0 saturated heterocycles. The quantitative estimate of drug-likeness (QED) is 0.243. The SMILES string of the molecule is c1ccc2c(c1)Cc1cc3c(cc1-2)-c1c(ccc2nc4c5cccnc5c5ccncc5n4c12)C3. The second-order valence-electron chi connectivity index (χ2n) is 9.71. The van der Waals surface area contributed by atoms with Crippen LogP contribution in [0.3, 0.4) is 0 Å². The lowest BCUT2D eigenvalue weighted by Gasteiger charge is -2.11. The highest BCUT2D eigenvalue weighted by atomic mass is 15.0. The summed E-state index contributed by atoms with van der Waals surface area (Å²) in [5, 5.41) is 2.17. The van der Waals surface area contributed by atoms with E-state index in [2.05, 4.69) is 70.0 Å². The van der Waals surface area contributed by atoms with Crippen molar-refractivity contribution in [3.63, 3.8) is 0 Å². The number of hydrogen-bond acceptors (Lipinski definition) is 3. The summed E-state index contributed by atoms with van der Waals surface area (Å²) >= 11 is 0. The summed E-state index contributed by atoms with van der Waals surface area (Å²) in [5.41, 5.74) is 16.2. The third-order valence-corrected chi connectivity index (χ3v) is 7.92. The fourth-order valence-electron chi connectivity index (χ4n) is 6.46.